The van der Waals surface area contributed by atoms with Crippen LogP contribution in [0.25, 0.3) is 0 Å². The minimum Gasteiger partial charge on any atom is -0.393 e. The lowest BCUT2D eigenvalue weighted by Crippen LogP contribution is -2.43. The number of nitrogens with one attached hydrogen (secondary N) is 1. The van der Waals surface area contributed by atoms with E-state index in [1.165, 1.54) is 0 Å². The molecule has 2 unspecified atom stereocenters. The number of carbonyl (C=O) groups excluding carboxylic acids is 1. The van der Waals surface area contributed by atoms with Gasteiger partial charge in [0.2, 0.25) is 5.91 Å². The number of piperidine rings is 1. The fourth-order valence-electron chi connectivity index (χ4n) is 2.46. The first-order valence-electron chi connectivity index (χ1n) is 6.86. The minimum atomic E-state index is -0.311. The summed E-state index contributed by atoms with van der Waals surface area (Å²) in [7, 11) is 0. The topological polar surface area (TPSA) is 65.5 Å². The lowest BCUT2D eigenvalue weighted by molar-refractivity contribution is -0.118. The van der Waals surface area contributed by atoms with Gasteiger partial charge in [-0.05, 0) is 60.3 Å². The van der Waals surface area contributed by atoms with E-state index < -0.39 is 0 Å². The zero-order valence-electron chi connectivity index (χ0n) is 11.6. The summed E-state index contributed by atoms with van der Waals surface area (Å²) in [5.74, 6) is 0.760. The molecule has 6 heteroatoms. The number of aliphatic hydroxyl groups excluding tert-OH is 1. The number of rotatable bonds is 4. The zero-order valence-corrected chi connectivity index (χ0v) is 13.1. The van der Waals surface area contributed by atoms with Crippen molar-refractivity contribution in [1.82, 2.24) is 9.88 Å². The Balaban J connectivity index is 1.83. The molecule has 2 N–H and O–H groups in total. The monoisotopic (exact) mass is 341 g/mol. The van der Waals surface area contributed by atoms with Gasteiger partial charge in [-0.15, -0.1) is 0 Å². The van der Waals surface area contributed by atoms with E-state index in [4.69, 9.17) is 0 Å². The number of hydrogen-bond acceptors (Lipinski definition) is 4. The van der Waals surface area contributed by atoms with E-state index in [1.54, 1.807) is 12.3 Å². The lowest BCUT2D eigenvalue weighted by Gasteiger charge is -2.33. The van der Waals surface area contributed by atoms with Crippen molar-refractivity contribution >= 4 is 27.7 Å². The van der Waals surface area contributed by atoms with E-state index in [-0.39, 0.29) is 17.9 Å². The van der Waals surface area contributed by atoms with E-state index in [1.807, 2.05) is 13.0 Å². The summed E-state index contributed by atoms with van der Waals surface area (Å²) in [5.41, 5.74) is 0. The predicted octanol–water partition coefficient (Wildman–Crippen LogP) is 1.88. The average molecular weight is 342 g/mol. The number of anilines is 1. The van der Waals surface area contributed by atoms with Crippen LogP contribution in [0.5, 0.6) is 0 Å². The van der Waals surface area contributed by atoms with Gasteiger partial charge in [0.25, 0.3) is 0 Å². The number of aromatic nitrogens is 1. The normalized spacial score (nSPS) is 21.4. The van der Waals surface area contributed by atoms with Gasteiger partial charge in [-0.2, -0.15) is 0 Å². The molecule has 5 nitrogen and oxygen atoms in total. The summed E-state index contributed by atoms with van der Waals surface area (Å²) in [6.45, 7) is 3.85. The quantitative estimate of drug-likeness (QED) is 0.877. The van der Waals surface area contributed by atoms with Crippen molar-refractivity contribution in [2.45, 2.75) is 25.9 Å². The Morgan fingerprint density at radius 1 is 1.65 bits per heavy atom. The molecule has 1 amide bonds. The molecule has 2 rings (SSSR count). The van der Waals surface area contributed by atoms with Crippen LogP contribution in [0.15, 0.2) is 22.8 Å². The number of aliphatic hydroxyl groups is 1. The molecule has 1 saturated heterocycles. The molecule has 0 spiro atoms. The summed E-state index contributed by atoms with van der Waals surface area (Å²) in [6, 6.07) is 3.60. The zero-order chi connectivity index (χ0) is 14.5. The maximum atomic E-state index is 12.0. The first kappa shape index (κ1) is 15.4. The molecule has 1 aliphatic rings. The second kappa shape index (κ2) is 7.15. The highest BCUT2D eigenvalue weighted by atomic mass is 79.9. The number of amides is 1. The number of nitrogens with zero attached hydrogens (tertiary/aromatic N) is 2. The number of halogens is 1. The third-order valence-corrected chi connectivity index (χ3v) is 4.06. The maximum Gasteiger partial charge on any atom is 0.239 e. The Bertz CT molecular complexity index is 450. The highest BCUT2D eigenvalue weighted by Gasteiger charge is 2.24. The van der Waals surface area contributed by atoms with Crippen molar-refractivity contribution in [3.8, 4) is 0 Å². The number of pyridine rings is 1. The maximum absolute atomic E-state index is 12.0. The smallest absolute Gasteiger partial charge is 0.239 e. The van der Waals surface area contributed by atoms with Crippen LogP contribution in [0.2, 0.25) is 0 Å². The van der Waals surface area contributed by atoms with Crippen LogP contribution in [-0.4, -0.2) is 46.6 Å². The van der Waals surface area contributed by atoms with E-state index in [9.17, 15) is 9.90 Å². The van der Waals surface area contributed by atoms with Gasteiger partial charge < -0.3 is 10.4 Å². The van der Waals surface area contributed by atoms with Crippen LogP contribution in [0, 0.1) is 5.92 Å². The van der Waals surface area contributed by atoms with Crippen LogP contribution in [-0.2, 0) is 4.79 Å². The fraction of sp³-hybridized carbons (Fsp3) is 0.571. The van der Waals surface area contributed by atoms with Crippen molar-refractivity contribution in [3.05, 3.63) is 22.8 Å². The Kier molecular flexibility index (Phi) is 5.51. The van der Waals surface area contributed by atoms with E-state index in [0.29, 0.717) is 12.4 Å². The molecule has 0 bridgehead atoms. The number of carbonyl (C=O) groups is 1. The van der Waals surface area contributed by atoms with Crippen molar-refractivity contribution < 1.29 is 9.90 Å². The molecular formula is C14H20BrN3O2. The van der Waals surface area contributed by atoms with Crippen LogP contribution in [0.4, 0.5) is 5.82 Å². The first-order chi connectivity index (χ1) is 9.54. The largest absolute Gasteiger partial charge is 0.393 e. The lowest BCUT2D eigenvalue weighted by atomic mass is 9.93. The minimum absolute atomic E-state index is 0.0638. The molecule has 2 atom stereocenters. The Morgan fingerprint density at radius 3 is 3.10 bits per heavy atom. The van der Waals surface area contributed by atoms with Gasteiger partial charge in [0, 0.05) is 17.2 Å². The second-order valence-electron chi connectivity index (χ2n) is 5.29. The van der Waals surface area contributed by atoms with Crippen molar-refractivity contribution in [1.29, 1.82) is 0 Å². The summed E-state index contributed by atoms with van der Waals surface area (Å²) in [5, 5.41) is 12.4. The third-order valence-electron chi connectivity index (χ3n) is 3.59. The molecule has 1 aliphatic heterocycles. The summed E-state index contributed by atoms with van der Waals surface area (Å²) in [6.07, 6.45) is 3.40. The van der Waals surface area contributed by atoms with Gasteiger partial charge in [-0.25, -0.2) is 4.98 Å². The average Bonchev–Trinajstić information content (AvgIpc) is 2.41. The first-order valence-corrected chi connectivity index (χ1v) is 7.65. The molecule has 2 heterocycles. The summed E-state index contributed by atoms with van der Waals surface area (Å²) in [4.78, 5) is 18.2. The van der Waals surface area contributed by atoms with E-state index >= 15 is 0 Å². The molecule has 0 saturated carbocycles. The Morgan fingerprint density at radius 2 is 2.45 bits per heavy atom. The van der Waals surface area contributed by atoms with Gasteiger partial charge >= 0.3 is 0 Å². The van der Waals surface area contributed by atoms with E-state index in [0.717, 1.165) is 30.4 Å². The molecule has 0 radical (unpaired) electrons. The van der Waals surface area contributed by atoms with Gasteiger partial charge in [0.05, 0.1) is 12.6 Å². The fourth-order valence-corrected chi connectivity index (χ4v) is 2.70. The van der Waals surface area contributed by atoms with Gasteiger partial charge in [0.15, 0.2) is 0 Å². The highest BCUT2D eigenvalue weighted by Crippen LogP contribution is 2.19. The molecule has 0 aliphatic carbocycles. The van der Waals surface area contributed by atoms with Crippen LogP contribution < -0.4 is 5.32 Å². The molecule has 110 valence electrons. The van der Waals surface area contributed by atoms with Crippen molar-refractivity contribution in [3.63, 3.8) is 0 Å². The van der Waals surface area contributed by atoms with Gasteiger partial charge in [-0.3, -0.25) is 9.69 Å². The number of likely N-dealkylation sites (tertiary alicyclic amines) is 1. The molecule has 1 aromatic rings. The van der Waals surface area contributed by atoms with Crippen LogP contribution in [0.3, 0.4) is 0 Å². The molecule has 1 aromatic heterocycles. The van der Waals surface area contributed by atoms with Crippen LogP contribution in [0.1, 0.15) is 19.8 Å². The Labute approximate surface area is 127 Å². The summed E-state index contributed by atoms with van der Waals surface area (Å²) >= 11 is 3.30. The van der Waals surface area contributed by atoms with Gasteiger partial charge in [-0.1, -0.05) is 0 Å². The Hall–Kier alpha value is -0.980. The standard InChI is InChI=1S/C14H20BrN3O2/c1-10(19)11-3-2-6-18(8-11)9-14(20)17-13-5-4-12(15)7-16-13/h4-5,7,10-11,19H,2-3,6,8-9H2,1H3,(H,16,17,20). The predicted molar refractivity (Wildman–Crippen MR) is 81.4 cm³/mol. The molecule has 20 heavy (non-hydrogen) atoms. The summed E-state index contributed by atoms with van der Waals surface area (Å²) < 4.78 is 0.881. The molecular weight excluding hydrogens is 322 g/mol. The van der Waals surface area contributed by atoms with Crippen LogP contribution >= 0.6 is 15.9 Å². The number of hydrogen-bond donors (Lipinski definition) is 2. The van der Waals surface area contributed by atoms with Gasteiger partial charge in [0.1, 0.15) is 5.82 Å². The van der Waals surface area contributed by atoms with E-state index in [2.05, 4.69) is 31.1 Å². The highest BCUT2D eigenvalue weighted by molar-refractivity contribution is 9.10. The van der Waals surface area contributed by atoms with Crippen molar-refractivity contribution in [2.75, 3.05) is 25.0 Å². The second-order valence-corrected chi connectivity index (χ2v) is 6.20. The van der Waals surface area contributed by atoms with Crippen molar-refractivity contribution in [2.24, 2.45) is 5.92 Å². The SMILES string of the molecule is CC(O)C1CCCN(CC(=O)Nc2ccc(Br)cn2)C1. The molecule has 0 aromatic carbocycles. The third kappa shape index (κ3) is 4.54. The molecule has 1 fully saturated rings.